The molecule has 0 radical (unpaired) electrons. The summed E-state index contributed by atoms with van der Waals surface area (Å²) in [6, 6.07) is 12.5. The molecule has 2 rings (SSSR count). The summed E-state index contributed by atoms with van der Waals surface area (Å²) in [6.45, 7) is 3.68. The summed E-state index contributed by atoms with van der Waals surface area (Å²) in [7, 11) is 0. The number of hydrogen-bond donors (Lipinski definition) is 0. The highest BCUT2D eigenvalue weighted by Crippen LogP contribution is 2.24. The van der Waals surface area contributed by atoms with Crippen LogP contribution in [0.25, 0.3) is 0 Å². The maximum Gasteiger partial charge on any atom is 0.347 e. The van der Waals surface area contributed by atoms with Crippen LogP contribution in [0.3, 0.4) is 0 Å². The summed E-state index contributed by atoms with van der Waals surface area (Å²) in [5, 5.41) is 0. The minimum atomic E-state index is -0.677. The molecule has 0 aromatic heterocycles. The summed E-state index contributed by atoms with van der Waals surface area (Å²) in [4.78, 5) is 11.5. The van der Waals surface area contributed by atoms with Crippen molar-refractivity contribution in [3.63, 3.8) is 0 Å². The zero-order chi connectivity index (χ0) is 15.9. The Bertz CT molecular complexity index is 608. The summed E-state index contributed by atoms with van der Waals surface area (Å²) in [6.07, 6.45) is -0.677. The molecule has 0 aliphatic rings. The SMILES string of the molecule is CCOC(=O)C(C)Oc1ccc(Oc2ccc(F)cc2)cc1. The van der Waals surface area contributed by atoms with E-state index in [2.05, 4.69) is 0 Å². The number of benzene rings is 2. The van der Waals surface area contributed by atoms with E-state index < -0.39 is 12.1 Å². The Kier molecular flexibility index (Phi) is 5.36. The lowest BCUT2D eigenvalue weighted by Crippen LogP contribution is -2.25. The second-order valence-corrected chi connectivity index (χ2v) is 4.54. The molecule has 0 amide bonds. The minimum absolute atomic E-state index is 0.316. The third-order valence-electron chi connectivity index (χ3n) is 2.80. The van der Waals surface area contributed by atoms with Crippen LogP contribution in [-0.2, 0) is 9.53 Å². The van der Waals surface area contributed by atoms with Gasteiger partial charge in [-0.05, 0) is 62.4 Å². The maximum atomic E-state index is 12.8. The van der Waals surface area contributed by atoms with Gasteiger partial charge in [0.1, 0.15) is 23.1 Å². The van der Waals surface area contributed by atoms with Crippen molar-refractivity contribution in [1.82, 2.24) is 0 Å². The molecule has 0 bridgehead atoms. The first kappa shape index (κ1) is 15.8. The molecule has 0 aliphatic heterocycles. The van der Waals surface area contributed by atoms with E-state index in [4.69, 9.17) is 14.2 Å². The number of carbonyl (C=O) groups is 1. The van der Waals surface area contributed by atoms with Crippen molar-refractivity contribution in [1.29, 1.82) is 0 Å². The quantitative estimate of drug-likeness (QED) is 0.758. The number of rotatable bonds is 6. The topological polar surface area (TPSA) is 44.8 Å². The van der Waals surface area contributed by atoms with E-state index in [1.165, 1.54) is 12.1 Å². The van der Waals surface area contributed by atoms with E-state index in [1.54, 1.807) is 50.2 Å². The Morgan fingerprint density at radius 2 is 1.50 bits per heavy atom. The van der Waals surface area contributed by atoms with Crippen LogP contribution in [0.2, 0.25) is 0 Å². The fourth-order valence-corrected chi connectivity index (χ4v) is 1.74. The Balaban J connectivity index is 1.95. The smallest absolute Gasteiger partial charge is 0.347 e. The highest BCUT2D eigenvalue weighted by atomic mass is 19.1. The zero-order valence-corrected chi connectivity index (χ0v) is 12.4. The van der Waals surface area contributed by atoms with Crippen molar-refractivity contribution in [3.8, 4) is 17.2 Å². The van der Waals surface area contributed by atoms with E-state index in [0.717, 1.165) is 0 Å². The number of carbonyl (C=O) groups excluding carboxylic acids is 1. The molecule has 0 heterocycles. The summed E-state index contributed by atoms with van der Waals surface area (Å²) in [5.74, 6) is 0.933. The molecule has 0 N–H and O–H groups in total. The molecule has 116 valence electrons. The average molecular weight is 304 g/mol. The second kappa shape index (κ2) is 7.45. The number of esters is 1. The molecule has 0 spiro atoms. The van der Waals surface area contributed by atoms with Gasteiger partial charge in [-0.25, -0.2) is 9.18 Å². The van der Waals surface area contributed by atoms with Gasteiger partial charge in [-0.2, -0.15) is 0 Å². The fraction of sp³-hybridized carbons (Fsp3) is 0.235. The Labute approximate surface area is 128 Å². The van der Waals surface area contributed by atoms with E-state index in [9.17, 15) is 9.18 Å². The van der Waals surface area contributed by atoms with Crippen LogP contribution < -0.4 is 9.47 Å². The molecule has 1 unspecified atom stereocenters. The van der Waals surface area contributed by atoms with Crippen LogP contribution in [0.5, 0.6) is 17.2 Å². The van der Waals surface area contributed by atoms with Gasteiger partial charge in [0, 0.05) is 0 Å². The molecule has 0 saturated heterocycles. The first-order valence-corrected chi connectivity index (χ1v) is 6.95. The van der Waals surface area contributed by atoms with Gasteiger partial charge in [0.2, 0.25) is 0 Å². The molecule has 0 saturated carbocycles. The van der Waals surface area contributed by atoms with Gasteiger partial charge in [0.15, 0.2) is 6.10 Å². The van der Waals surface area contributed by atoms with Crippen molar-refractivity contribution >= 4 is 5.97 Å². The second-order valence-electron chi connectivity index (χ2n) is 4.54. The van der Waals surface area contributed by atoms with Gasteiger partial charge in [0.05, 0.1) is 6.61 Å². The van der Waals surface area contributed by atoms with Crippen molar-refractivity contribution in [2.24, 2.45) is 0 Å². The molecule has 2 aromatic rings. The molecule has 4 nitrogen and oxygen atoms in total. The van der Waals surface area contributed by atoms with Crippen LogP contribution in [0.4, 0.5) is 4.39 Å². The van der Waals surface area contributed by atoms with Gasteiger partial charge < -0.3 is 14.2 Å². The van der Waals surface area contributed by atoms with E-state index in [0.29, 0.717) is 23.9 Å². The zero-order valence-electron chi connectivity index (χ0n) is 12.4. The van der Waals surface area contributed by atoms with Gasteiger partial charge in [0.25, 0.3) is 0 Å². The summed E-state index contributed by atoms with van der Waals surface area (Å²) < 4.78 is 28.7. The Morgan fingerprint density at radius 1 is 1.00 bits per heavy atom. The van der Waals surface area contributed by atoms with Crippen LogP contribution in [0, 0.1) is 5.82 Å². The van der Waals surface area contributed by atoms with Crippen molar-refractivity contribution in [2.75, 3.05) is 6.61 Å². The first-order chi connectivity index (χ1) is 10.6. The van der Waals surface area contributed by atoms with Crippen molar-refractivity contribution in [3.05, 3.63) is 54.3 Å². The normalized spacial score (nSPS) is 11.6. The van der Waals surface area contributed by atoms with Crippen LogP contribution in [-0.4, -0.2) is 18.7 Å². The Morgan fingerprint density at radius 3 is 2.05 bits per heavy atom. The largest absolute Gasteiger partial charge is 0.479 e. The van der Waals surface area contributed by atoms with Crippen LogP contribution in [0.15, 0.2) is 48.5 Å². The summed E-state index contributed by atoms with van der Waals surface area (Å²) in [5.41, 5.74) is 0. The molecule has 0 aliphatic carbocycles. The average Bonchev–Trinajstić information content (AvgIpc) is 2.51. The molecule has 5 heteroatoms. The van der Waals surface area contributed by atoms with E-state index in [1.807, 2.05) is 0 Å². The number of halogens is 1. The third-order valence-corrected chi connectivity index (χ3v) is 2.80. The highest BCUT2D eigenvalue weighted by molar-refractivity contribution is 5.74. The van der Waals surface area contributed by atoms with Gasteiger partial charge in [-0.3, -0.25) is 0 Å². The van der Waals surface area contributed by atoms with E-state index >= 15 is 0 Å². The van der Waals surface area contributed by atoms with Crippen molar-refractivity contribution < 1.29 is 23.4 Å². The van der Waals surface area contributed by atoms with Gasteiger partial charge in [-0.1, -0.05) is 0 Å². The number of hydrogen-bond acceptors (Lipinski definition) is 4. The standard InChI is InChI=1S/C17H17FO4/c1-3-20-17(19)12(2)21-14-8-10-16(11-9-14)22-15-6-4-13(18)5-7-15/h4-12H,3H2,1-2H3. The minimum Gasteiger partial charge on any atom is -0.479 e. The Hall–Kier alpha value is -2.56. The first-order valence-electron chi connectivity index (χ1n) is 6.95. The predicted octanol–water partition coefficient (Wildman–Crippen LogP) is 3.95. The van der Waals surface area contributed by atoms with Crippen LogP contribution in [0.1, 0.15) is 13.8 Å². The van der Waals surface area contributed by atoms with Crippen LogP contribution >= 0.6 is 0 Å². The lowest BCUT2D eigenvalue weighted by Gasteiger charge is -2.13. The van der Waals surface area contributed by atoms with E-state index in [-0.39, 0.29) is 5.82 Å². The molecule has 2 aromatic carbocycles. The fourth-order valence-electron chi connectivity index (χ4n) is 1.74. The van der Waals surface area contributed by atoms with Crippen molar-refractivity contribution in [2.45, 2.75) is 20.0 Å². The molecule has 22 heavy (non-hydrogen) atoms. The number of ether oxygens (including phenoxy) is 3. The van der Waals surface area contributed by atoms with Gasteiger partial charge >= 0.3 is 5.97 Å². The molecule has 1 atom stereocenters. The lowest BCUT2D eigenvalue weighted by molar-refractivity contribution is -0.150. The van der Waals surface area contributed by atoms with Gasteiger partial charge in [-0.15, -0.1) is 0 Å². The molecular formula is C17H17FO4. The highest BCUT2D eigenvalue weighted by Gasteiger charge is 2.15. The predicted molar refractivity (Wildman–Crippen MR) is 79.6 cm³/mol. The maximum absolute atomic E-state index is 12.8. The summed E-state index contributed by atoms with van der Waals surface area (Å²) >= 11 is 0. The molecule has 0 fully saturated rings. The lowest BCUT2D eigenvalue weighted by atomic mass is 10.3. The molecular weight excluding hydrogens is 287 g/mol. The monoisotopic (exact) mass is 304 g/mol. The third kappa shape index (κ3) is 4.48.